The van der Waals surface area contributed by atoms with E-state index in [1.807, 2.05) is 11.8 Å². The number of carboxylic acid groups (broad SMARTS) is 1. The first-order valence-corrected chi connectivity index (χ1v) is 6.95. The third-order valence-corrected chi connectivity index (χ3v) is 5.88. The summed E-state index contributed by atoms with van der Waals surface area (Å²) in [6.07, 6.45) is 4.77. The molecule has 2 N–H and O–H groups in total. The van der Waals surface area contributed by atoms with Gasteiger partial charge in [-0.05, 0) is 32.7 Å². The van der Waals surface area contributed by atoms with E-state index in [4.69, 9.17) is 5.11 Å². The number of nitrogens with zero attached hydrogens (tertiary/aromatic N) is 1. The number of hydrogen-bond donors (Lipinski definition) is 2. The van der Waals surface area contributed by atoms with Crippen molar-refractivity contribution >= 4 is 17.7 Å². The molecule has 3 heterocycles. The Morgan fingerprint density at radius 1 is 1.44 bits per heavy atom. The van der Waals surface area contributed by atoms with E-state index in [0.717, 1.165) is 18.6 Å². The zero-order valence-corrected chi connectivity index (χ0v) is 10.3. The van der Waals surface area contributed by atoms with Crippen LogP contribution in [0.4, 0.5) is 0 Å². The summed E-state index contributed by atoms with van der Waals surface area (Å²) in [6, 6.07) is 0.977. The largest absolute Gasteiger partial charge is 0.480 e. The molecular weight excluding hydrogens is 224 g/mol. The molecule has 90 valence electrons. The third-order valence-electron chi connectivity index (χ3n) is 4.38. The van der Waals surface area contributed by atoms with Gasteiger partial charge in [0, 0.05) is 17.8 Å². The summed E-state index contributed by atoms with van der Waals surface area (Å²) >= 11 is 1.83. The lowest BCUT2D eigenvalue weighted by Crippen LogP contribution is -2.54. The molecule has 3 atom stereocenters. The standard InChI is InChI=1S/C11H18N2O2S/c1-13-7-2-3-8(13)5-11(4-7)12-9(6-16-11)10(14)15/h7-9,12H,2-6H2,1H3,(H,14,15)/t7?,8?,9-,11?/m1/s1. The fourth-order valence-corrected chi connectivity index (χ4v) is 5.00. The van der Waals surface area contributed by atoms with Crippen LogP contribution in [-0.4, -0.2) is 51.8 Å². The minimum absolute atomic E-state index is 0.0569. The Bertz CT molecular complexity index is 309. The molecule has 0 aliphatic carbocycles. The number of piperidine rings is 1. The van der Waals surface area contributed by atoms with E-state index < -0.39 is 5.97 Å². The highest BCUT2D eigenvalue weighted by Gasteiger charge is 2.51. The van der Waals surface area contributed by atoms with Crippen molar-refractivity contribution in [3.63, 3.8) is 0 Å². The van der Waals surface area contributed by atoms with Crippen molar-refractivity contribution < 1.29 is 9.90 Å². The minimum Gasteiger partial charge on any atom is -0.480 e. The average molecular weight is 242 g/mol. The van der Waals surface area contributed by atoms with Crippen molar-refractivity contribution in [2.24, 2.45) is 0 Å². The van der Waals surface area contributed by atoms with Crippen molar-refractivity contribution in [2.45, 2.75) is 48.7 Å². The van der Waals surface area contributed by atoms with Crippen molar-refractivity contribution in [2.75, 3.05) is 12.8 Å². The van der Waals surface area contributed by atoms with Crippen molar-refractivity contribution in [3.05, 3.63) is 0 Å². The lowest BCUT2D eigenvalue weighted by Gasteiger charge is -2.43. The number of fused-ring (bicyclic) bond motifs is 2. The van der Waals surface area contributed by atoms with Crippen LogP contribution in [0.5, 0.6) is 0 Å². The fraction of sp³-hybridized carbons (Fsp3) is 0.909. The van der Waals surface area contributed by atoms with Gasteiger partial charge in [0.1, 0.15) is 6.04 Å². The second-order valence-electron chi connectivity index (χ2n) is 5.30. The Balaban J connectivity index is 1.75. The van der Waals surface area contributed by atoms with E-state index in [1.165, 1.54) is 12.8 Å². The van der Waals surface area contributed by atoms with Gasteiger partial charge in [0.15, 0.2) is 0 Å². The first kappa shape index (κ1) is 10.9. The summed E-state index contributed by atoms with van der Waals surface area (Å²) in [7, 11) is 2.21. The van der Waals surface area contributed by atoms with Crippen LogP contribution >= 0.6 is 11.8 Å². The van der Waals surface area contributed by atoms with Crippen LogP contribution in [0.15, 0.2) is 0 Å². The summed E-state index contributed by atoms with van der Waals surface area (Å²) < 4.78 is 0. The Kier molecular flexibility index (Phi) is 2.46. The summed E-state index contributed by atoms with van der Waals surface area (Å²) in [6.45, 7) is 0. The molecule has 0 aromatic rings. The molecule has 1 spiro atoms. The molecule has 2 unspecified atom stereocenters. The average Bonchev–Trinajstić information content (AvgIpc) is 2.70. The maximum atomic E-state index is 11.0. The minimum atomic E-state index is -0.698. The van der Waals surface area contributed by atoms with Crippen LogP contribution in [0.3, 0.4) is 0 Å². The molecule has 16 heavy (non-hydrogen) atoms. The second kappa shape index (κ2) is 3.62. The predicted octanol–water partition coefficient (Wildman–Crippen LogP) is 0.729. The van der Waals surface area contributed by atoms with Crippen molar-refractivity contribution in [3.8, 4) is 0 Å². The predicted molar refractivity (Wildman–Crippen MR) is 63.6 cm³/mol. The number of nitrogens with one attached hydrogen (secondary N) is 1. The number of carboxylic acids is 1. The third kappa shape index (κ3) is 1.57. The molecule has 4 nitrogen and oxygen atoms in total. The molecule has 3 aliphatic heterocycles. The summed E-state index contributed by atoms with van der Waals surface area (Å²) in [5.74, 6) is 0.0222. The smallest absolute Gasteiger partial charge is 0.321 e. The highest BCUT2D eigenvalue weighted by molar-refractivity contribution is 8.01. The molecule has 3 fully saturated rings. The van der Waals surface area contributed by atoms with Gasteiger partial charge in [0.2, 0.25) is 0 Å². The number of carbonyl (C=O) groups is 1. The lowest BCUT2D eigenvalue weighted by atomic mass is 9.96. The Morgan fingerprint density at radius 2 is 2.06 bits per heavy atom. The molecular formula is C11H18N2O2S. The molecule has 0 amide bonds. The van der Waals surface area contributed by atoms with Crippen LogP contribution in [0.25, 0.3) is 0 Å². The van der Waals surface area contributed by atoms with Crippen LogP contribution in [0, 0.1) is 0 Å². The number of rotatable bonds is 1. The molecule has 3 saturated heterocycles. The SMILES string of the molecule is CN1C2CCC1CC1(C2)N[C@@H](C(=O)O)CS1. The molecule has 0 saturated carbocycles. The van der Waals surface area contributed by atoms with Gasteiger partial charge in [-0.25, -0.2) is 0 Å². The summed E-state index contributed by atoms with van der Waals surface area (Å²) in [5, 5.41) is 12.4. The van der Waals surface area contributed by atoms with Crippen LogP contribution in [0.1, 0.15) is 25.7 Å². The Morgan fingerprint density at radius 3 is 2.56 bits per heavy atom. The number of hydrogen-bond acceptors (Lipinski definition) is 4. The first-order chi connectivity index (χ1) is 7.60. The number of aliphatic carboxylic acids is 1. The van der Waals surface area contributed by atoms with E-state index in [9.17, 15) is 4.79 Å². The molecule has 0 aromatic heterocycles. The molecule has 0 aromatic carbocycles. The van der Waals surface area contributed by atoms with Crippen molar-refractivity contribution in [1.82, 2.24) is 10.2 Å². The van der Waals surface area contributed by atoms with Gasteiger partial charge in [-0.15, -0.1) is 11.8 Å². The monoisotopic (exact) mass is 242 g/mol. The zero-order chi connectivity index (χ0) is 11.3. The van der Waals surface area contributed by atoms with E-state index in [2.05, 4.69) is 17.3 Å². The van der Waals surface area contributed by atoms with Crippen molar-refractivity contribution in [1.29, 1.82) is 0 Å². The molecule has 2 bridgehead atoms. The highest BCUT2D eigenvalue weighted by atomic mass is 32.2. The molecule has 0 radical (unpaired) electrons. The maximum absolute atomic E-state index is 11.0. The molecule has 5 heteroatoms. The molecule has 3 aliphatic rings. The van der Waals surface area contributed by atoms with Crippen LogP contribution in [-0.2, 0) is 4.79 Å². The van der Waals surface area contributed by atoms with Crippen LogP contribution < -0.4 is 5.32 Å². The van der Waals surface area contributed by atoms with Gasteiger partial charge in [0.25, 0.3) is 0 Å². The lowest BCUT2D eigenvalue weighted by molar-refractivity contribution is -0.139. The second-order valence-corrected chi connectivity index (χ2v) is 6.70. The van der Waals surface area contributed by atoms with Gasteiger partial charge >= 0.3 is 5.97 Å². The van der Waals surface area contributed by atoms with Gasteiger partial charge in [0.05, 0.1) is 4.87 Å². The van der Waals surface area contributed by atoms with Gasteiger partial charge in [-0.1, -0.05) is 0 Å². The van der Waals surface area contributed by atoms with Gasteiger partial charge in [-0.2, -0.15) is 0 Å². The van der Waals surface area contributed by atoms with Crippen LogP contribution in [0.2, 0.25) is 0 Å². The maximum Gasteiger partial charge on any atom is 0.321 e. The van der Waals surface area contributed by atoms with E-state index in [1.54, 1.807) is 0 Å². The first-order valence-electron chi connectivity index (χ1n) is 5.96. The summed E-state index contributed by atoms with van der Waals surface area (Å²) in [4.78, 5) is 13.5. The normalized spacial score (nSPS) is 47.7. The van der Waals surface area contributed by atoms with E-state index in [0.29, 0.717) is 12.1 Å². The van der Waals surface area contributed by atoms with E-state index >= 15 is 0 Å². The Hall–Kier alpha value is -0.260. The van der Waals surface area contributed by atoms with Gasteiger partial charge < -0.3 is 10.0 Å². The van der Waals surface area contributed by atoms with Gasteiger partial charge in [-0.3, -0.25) is 10.1 Å². The number of thioether (sulfide) groups is 1. The Labute approximate surface area is 99.8 Å². The topological polar surface area (TPSA) is 52.6 Å². The van der Waals surface area contributed by atoms with E-state index in [-0.39, 0.29) is 10.9 Å². The molecule has 3 rings (SSSR count). The zero-order valence-electron chi connectivity index (χ0n) is 9.48. The highest BCUT2D eigenvalue weighted by Crippen LogP contribution is 2.47. The quantitative estimate of drug-likeness (QED) is 0.710. The summed E-state index contributed by atoms with van der Waals surface area (Å²) in [5.41, 5.74) is 0. The fourth-order valence-electron chi connectivity index (χ4n) is 3.44.